The van der Waals surface area contributed by atoms with Gasteiger partial charge < -0.3 is 4.90 Å². The average molecular weight is 379 g/mol. The van der Waals surface area contributed by atoms with E-state index in [1.807, 2.05) is 0 Å². The number of sulfonamides is 1. The zero-order chi connectivity index (χ0) is 17.2. The molecule has 0 spiro atoms. The van der Waals surface area contributed by atoms with E-state index in [4.69, 9.17) is 23.2 Å². The fourth-order valence-electron chi connectivity index (χ4n) is 2.48. The highest BCUT2D eigenvalue weighted by Gasteiger charge is 2.28. The van der Waals surface area contributed by atoms with E-state index >= 15 is 0 Å². The van der Waals surface area contributed by atoms with Gasteiger partial charge in [0.25, 0.3) is 0 Å². The Morgan fingerprint density at radius 2 is 1.91 bits per heavy atom. The van der Waals surface area contributed by atoms with Gasteiger partial charge in [0, 0.05) is 25.2 Å². The molecule has 0 aliphatic carbocycles. The maximum absolute atomic E-state index is 12.6. The first-order valence-electron chi connectivity index (χ1n) is 7.41. The molecule has 1 aromatic carbocycles. The molecule has 0 unspecified atom stereocenters. The van der Waals surface area contributed by atoms with Crippen LogP contribution in [0.5, 0.6) is 0 Å². The highest BCUT2D eigenvalue weighted by molar-refractivity contribution is 7.89. The van der Waals surface area contributed by atoms with Gasteiger partial charge in [-0.2, -0.15) is 4.31 Å². The number of piperidine rings is 1. The van der Waals surface area contributed by atoms with Crippen LogP contribution in [-0.4, -0.2) is 50.2 Å². The number of benzene rings is 1. The van der Waals surface area contributed by atoms with Crippen LogP contribution in [0.25, 0.3) is 0 Å². The Hall–Kier alpha value is -0.820. The third-order valence-corrected chi connectivity index (χ3v) is 6.60. The van der Waals surface area contributed by atoms with E-state index in [-0.39, 0.29) is 27.4 Å². The summed E-state index contributed by atoms with van der Waals surface area (Å²) in [6.45, 7) is 3.29. The number of likely N-dealkylation sites (N-methyl/N-ethyl adjacent to an activating group) is 1. The lowest BCUT2D eigenvalue weighted by molar-refractivity contribution is -0.132. The minimum atomic E-state index is -3.87. The molecule has 8 heteroatoms. The molecular formula is C15H20Cl2N2O3S. The molecule has 0 radical (unpaired) electrons. The van der Waals surface area contributed by atoms with Gasteiger partial charge in [0.1, 0.15) is 4.90 Å². The topological polar surface area (TPSA) is 57.7 Å². The number of carbonyl (C=O) groups excluding carboxylic acids is 1. The molecule has 1 aliphatic rings. The number of hydrogen-bond acceptors (Lipinski definition) is 3. The molecule has 0 saturated carbocycles. The largest absolute Gasteiger partial charge is 0.342 e. The maximum Gasteiger partial charge on any atom is 0.244 e. The van der Waals surface area contributed by atoms with Crippen molar-refractivity contribution in [2.24, 2.45) is 5.92 Å². The van der Waals surface area contributed by atoms with Gasteiger partial charge in [-0.3, -0.25) is 4.79 Å². The summed E-state index contributed by atoms with van der Waals surface area (Å²) in [5.41, 5.74) is 0. The number of halogens is 2. The minimum Gasteiger partial charge on any atom is -0.342 e. The van der Waals surface area contributed by atoms with Crippen molar-refractivity contribution in [2.45, 2.75) is 24.7 Å². The predicted molar refractivity (Wildman–Crippen MR) is 91.3 cm³/mol. The molecule has 0 N–H and O–H groups in total. The summed E-state index contributed by atoms with van der Waals surface area (Å²) in [5, 5.41) is 0.359. The minimum absolute atomic E-state index is 0.0838. The van der Waals surface area contributed by atoms with Crippen molar-refractivity contribution < 1.29 is 13.2 Å². The summed E-state index contributed by atoms with van der Waals surface area (Å²) in [5.74, 6) is 0.409. The molecule has 2 rings (SSSR count). The van der Waals surface area contributed by atoms with Gasteiger partial charge in [0.05, 0.1) is 11.6 Å². The van der Waals surface area contributed by atoms with Gasteiger partial charge in [-0.15, -0.1) is 0 Å². The first-order valence-corrected chi connectivity index (χ1v) is 9.60. The smallest absolute Gasteiger partial charge is 0.244 e. The van der Waals surface area contributed by atoms with Crippen molar-refractivity contribution in [1.29, 1.82) is 0 Å². The van der Waals surface area contributed by atoms with Crippen LogP contribution in [-0.2, 0) is 14.8 Å². The number of rotatable bonds is 4. The Kier molecular flexibility index (Phi) is 5.94. The number of likely N-dealkylation sites (tertiary alicyclic amines) is 1. The van der Waals surface area contributed by atoms with Crippen LogP contribution >= 0.6 is 23.2 Å². The van der Waals surface area contributed by atoms with Crippen molar-refractivity contribution >= 4 is 39.1 Å². The third kappa shape index (κ3) is 4.38. The summed E-state index contributed by atoms with van der Waals surface area (Å²) in [6.07, 6.45) is 1.89. The van der Waals surface area contributed by atoms with Crippen molar-refractivity contribution in [2.75, 3.05) is 26.7 Å². The Bertz CT molecular complexity index is 686. The summed E-state index contributed by atoms with van der Waals surface area (Å²) in [4.78, 5) is 13.9. The molecule has 128 valence electrons. The molecule has 0 aromatic heterocycles. The van der Waals surface area contributed by atoms with Crippen LogP contribution in [0.3, 0.4) is 0 Å². The van der Waals surface area contributed by atoms with Crippen LogP contribution in [0.2, 0.25) is 10.0 Å². The lowest BCUT2D eigenvalue weighted by Gasteiger charge is -2.31. The van der Waals surface area contributed by atoms with E-state index in [2.05, 4.69) is 6.92 Å². The zero-order valence-electron chi connectivity index (χ0n) is 13.1. The second-order valence-electron chi connectivity index (χ2n) is 5.90. The molecular weight excluding hydrogens is 359 g/mol. The fraction of sp³-hybridized carbons (Fsp3) is 0.533. The Morgan fingerprint density at radius 1 is 1.30 bits per heavy atom. The van der Waals surface area contributed by atoms with Crippen LogP contribution in [0.1, 0.15) is 19.8 Å². The van der Waals surface area contributed by atoms with E-state index < -0.39 is 10.0 Å². The third-order valence-electron chi connectivity index (χ3n) is 4.08. The van der Waals surface area contributed by atoms with Crippen molar-refractivity contribution in [1.82, 2.24) is 9.21 Å². The van der Waals surface area contributed by atoms with Crippen LogP contribution < -0.4 is 0 Å². The van der Waals surface area contributed by atoms with E-state index in [9.17, 15) is 13.2 Å². The number of amides is 1. The van der Waals surface area contributed by atoms with Crippen molar-refractivity contribution in [3.05, 3.63) is 28.2 Å². The second-order valence-corrected chi connectivity index (χ2v) is 8.76. The summed E-state index contributed by atoms with van der Waals surface area (Å²) in [7, 11) is -2.50. The van der Waals surface area contributed by atoms with Crippen molar-refractivity contribution in [3.63, 3.8) is 0 Å². The lowest BCUT2D eigenvalue weighted by Crippen LogP contribution is -2.44. The monoisotopic (exact) mass is 378 g/mol. The summed E-state index contributed by atoms with van der Waals surface area (Å²) >= 11 is 11.8. The zero-order valence-corrected chi connectivity index (χ0v) is 15.5. The van der Waals surface area contributed by atoms with E-state index in [0.717, 1.165) is 17.1 Å². The first kappa shape index (κ1) is 18.5. The number of carbonyl (C=O) groups is 1. The molecule has 0 bridgehead atoms. The quantitative estimate of drug-likeness (QED) is 0.808. The Labute approximate surface area is 147 Å². The normalized spacial score (nSPS) is 16.8. The van der Waals surface area contributed by atoms with Gasteiger partial charge in [0.15, 0.2) is 0 Å². The first-order chi connectivity index (χ1) is 10.7. The molecule has 1 aromatic rings. The molecule has 5 nitrogen and oxygen atoms in total. The molecule has 1 amide bonds. The Morgan fingerprint density at radius 3 is 2.52 bits per heavy atom. The molecule has 1 saturated heterocycles. The molecule has 1 aliphatic heterocycles. The van der Waals surface area contributed by atoms with Gasteiger partial charge >= 0.3 is 0 Å². The highest BCUT2D eigenvalue weighted by atomic mass is 35.5. The molecule has 0 atom stereocenters. The Balaban J connectivity index is 2.11. The lowest BCUT2D eigenvalue weighted by atomic mass is 9.99. The van der Waals surface area contributed by atoms with Crippen LogP contribution in [0, 0.1) is 5.92 Å². The summed E-state index contributed by atoms with van der Waals surface area (Å²) < 4.78 is 26.2. The van der Waals surface area contributed by atoms with Crippen LogP contribution in [0.15, 0.2) is 23.1 Å². The van der Waals surface area contributed by atoms with Crippen molar-refractivity contribution in [3.8, 4) is 0 Å². The van der Waals surface area contributed by atoms with Gasteiger partial charge in [-0.05, 0) is 37.0 Å². The fourth-order valence-corrected chi connectivity index (χ4v) is 4.33. The molecule has 1 heterocycles. The average Bonchev–Trinajstić information content (AvgIpc) is 2.50. The van der Waals surface area contributed by atoms with Gasteiger partial charge in [-0.25, -0.2) is 8.42 Å². The maximum atomic E-state index is 12.6. The van der Waals surface area contributed by atoms with Crippen LogP contribution in [0.4, 0.5) is 0 Å². The highest BCUT2D eigenvalue weighted by Crippen LogP contribution is 2.27. The number of nitrogens with zero attached hydrogens (tertiary/aromatic N) is 2. The summed E-state index contributed by atoms with van der Waals surface area (Å²) in [6, 6.07) is 4.24. The second kappa shape index (κ2) is 7.38. The standard InChI is InChI=1S/C15H20Cl2N2O3S/c1-11-5-7-19(8-6-11)15(20)10-18(2)23(21,22)14-9-12(16)3-4-13(14)17/h3-4,9,11H,5-8,10H2,1-2H3. The van der Waals surface area contributed by atoms with E-state index in [1.165, 1.54) is 25.2 Å². The molecule has 23 heavy (non-hydrogen) atoms. The van der Waals surface area contributed by atoms with Gasteiger partial charge in [-0.1, -0.05) is 30.1 Å². The van der Waals surface area contributed by atoms with E-state index in [1.54, 1.807) is 4.90 Å². The predicted octanol–water partition coefficient (Wildman–Crippen LogP) is 2.87. The van der Waals surface area contributed by atoms with Gasteiger partial charge in [0.2, 0.25) is 15.9 Å². The molecule has 1 fully saturated rings. The van der Waals surface area contributed by atoms with E-state index in [0.29, 0.717) is 19.0 Å². The SMILES string of the molecule is CC1CCN(C(=O)CN(C)S(=O)(=O)c2cc(Cl)ccc2Cl)CC1. The number of hydrogen-bond donors (Lipinski definition) is 0.